The predicted octanol–water partition coefficient (Wildman–Crippen LogP) is 3.79. The third-order valence-electron chi connectivity index (χ3n) is 5.96. The lowest BCUT2D eigenvalue weighted by atomic mass is 9.77. The van der Waals surface area contributed by atoms with Gasteiger partial charge >= 0.3 is 6.36 Å². The van der Waals surface area contributed by atoms with Crippen molar-refractivity contribution in [2.75, 3.05) is 24.5 Å². The number of carbonyl (C=O) groups excluding carboxylic acids is 1. The number of benzene rings is 2. The second kappa shape index (κ2) is 7.83. The lowest BCUT2D eigenvalue weighted by Gasteiger charge is -2.37. The Labute approximate surface area is 178 Å². The summed E-state index contributed by atoms with van der Waals surface area (Å²) in [6, 6.07) is 13.4. The molecule has 0 atom stereocenters. The van der Waals surface area contributed by atoms with Gasteiger partial charge in [0.15, 0.2) is 0 Å². The highest BCUT2D eigenvalue weighted by molar-refractivity contribution is 7.89. The van der Waals surface area contributed by atoms with Gasteiger partial charge in [-0.3, -0.25) is 4.79 Å². The molecule has 2 saturated heterocycles. The molecule has 0 unspecified atom stereocenters. The van der Waals surface area contributed by atoms with Crippen LogP contribution in [0.2, 0.25) is 0 Å². The summed E-state index contributed by atoms with van der Waals surface area (Å²) in [5, 5.41) is 0. The molecule has 6 nitrogen and oxygen atoms in total. The first kappa shape index (κ1) is 21.6. The number of carbonyl (C=O) groups is 1. The fourth-order valence-electron chi connectivity index (χ4n) is 4.25. The molecular weight excluding hydrogens is 433 g/mol. The first-order valence-corrected chi connectivity index (χ1v) is 11.3. The van der Waals surface area contributed by atoms with Crippen molar-refractivity contribution < 1.29 is 31.1 Å². The lowest BCUT2D eigenvalue weighted by molar-refractivity contribution is -0.274. The number of amides is 1. The molecule has 2 heterocycles. The van der Waals surface area contributed by atoms with E-state index < -0.39 is 21.8 Å². The molecule has 0 N–H and O–H groups in total. The van der Waals surface area contributed by atoms with Crippen LogP contribution >= 0.6 is 0 Å². The van der Waals surface area contributed by atoms with Crippen LogP contribution in [0.4, 0.5) is 18.9 Å². The van der Waals surface area contributed by atoms with E-state index in [0.717, 1.165) is 0 Å². The zero-order valence-electron chi connectivity index (χ0n) is 16.5. The number of ether oxygens (including phenoxy) is 1. The second-order valence-electron chi connectivity index (χ2n) is 7.75. The van der Waals surface area contributed by atoms with Crippen LogP contribution in [0.15, 0.2) is 59.5 Å². The molecule has 2 aliphatic rings. The normalized spacial score (nSPS) is 19.7. The van der Waals surface area contributed by atoms with Gasteiger partial charge in [0, 0.05) is 25.3 Å². The number of hydrogen-bond acceptors (Lipinski definition) is 4. The summed E-state index contributed by atoms with van der Waals surface area (Å²) in [7, 11) is -3.61. The summed E-state index contributed by atoms with van der Waals surface area (Å²) in [6.45, 7) is 0.925. The van der Waals surface area contributed by atoms with Gasteiger partial charge in [-0.05, 0) is 55.7 Å². The number of nitrogens with zero attached hydrogens (tertiary/aromatic N) is 2. The van der Waals surface area contributed by atoms with Crippen LogP contribution < -0.4 is 9.64 Å². The molecule has 0 radical (unpaired) electrons. The third kappa shape index (κ3) is 4.27. The Bertz CT molecular complexity index is 1050. The number of sulfonamides is 1. The lowest BCUT2D eigenvalue weighted by Crippen LogP contribution is -2.46. The molecule has 166 valence electrons. The highest BCUT2D eigenvalue weighted by Crippen LogP contribution is 2.44. The second-order valence-corrected chi connectivity index (χ2v) is 9.68. The van der Waals surface area contributed by atoms with Gasteiger partial charge in [0.05, 0.1) is 10.3 Å². The van der Waals surface area contributed by atoms with Gasteiger partial charge in [-0.25, -0.2) is 8.42 Å². The fraction of sp³-hybridized carbons (Fsp3) is 0.381. The number of alkyl halides is 3. The van der Waals surface area contributed by atoms with Crippen LogP contribution in [0.25, 0.3) is 0 Å². The summed E-state index contributed by atoms with van der Waals surface area (Å²) in [5.74, 6) is -0.467. The van der Waals surface area contributed by atoms with E-state index in [1.54, 1.807) is 35.2 Å². The summed E-state index contributed by atoms with van der Waals surface area (Å²) in [6.07, 6.45) is -3.39. The van der Waals surface area contributed by atoms with Crippen LogP contribution in [0.5, 0.6) is 5.75 Å². The van der Waals surface area contributed by atoms with Crippen molar-refractivity contribution >= 4 is 21.6 Å². The molecule has 2 aromatic rings. The molecule has 0 bridgehead atoms. The summed E-state index contributed by atoms with van der Waals surface area (Å²) >= 11 is 0. The van der Waals surface area contributed by atoms with E-state index in [1.165, 1.54) is 28.6 Å². The number of rotatable bonds is 4. The van der Waals surface area contributed by atoms with E-state index in [2.05, 4.69) is 4.74 Å². The largest absolute Gasteiger partial charge is 0.573 e. The van der Waals surface area contributed by atoms with Crippen LogP contribution in [0.3, 0.4) is 0 Å². The first-order chi connectivity index (χ1) is 14.6. The Morgan fingerprint density at radius 1 is 0.871 bits per heavy atom. The SMILES string of the molecule is O=C1N(c2ccc(OC(F)(F)F)cc2)CCC12CCN(S(=O)(=O)c1ccccc1)CC2. The number of halogens is 3. The van der Waals surface area contributed by atoms with E-state index >= 15 is 0 Å². The molecule has 4 rings (SSSR count). The number of piperidine rings is 1. The molecule has 0 aliphatic carbocycles. The smallest absolute Gasteiger partial charge is 0.406 e. The number of hydrogen-bond donors (Lipinski definition) is 0. The minimum Gasteiger partial charge on any atom is -0.406 e. The van der Waals surface area contributed by atoms with Crippen LogP contribution in [0, 0.1) is 5.41 Å². The summed E-state index contributed by atoms with van der Waals surface area (Å²) < 4.78 is 67.9. The van der Waals surface area contributed by atoms with E-state index in [1.807, 2.05) is 0 Å². The van der Waals surface area contributed by atoms with Gasteiger partial charge < -0.3 is 9.64 Å². The van der Waals surface area contributed by atoms with Crippen LogP contribution in [-0.4, -0.2) is 44.6 Å². The highest BCUT2D eigenvalue weighted by atomic mass is 32.2. The Hall–Kier alpha value is -2.59. The minimum atomic E-state index is -4.77. The molecule has 2 aromatic carbocycles. The molecule has 10 heteroatoms. The molecule has 2 aliphatic heterocycles. The summed E-state index contributed by atoms with van der Waals surface area (Å²) in [4.78, 5) is 15.0. The Kier molecular flexibility index (Phi) is 5.47. The zero-order chi connectivity index (χ0) is 22.3. The average Bonchev–Trinajstić information content (AvgIpc) is 3.04. The quantitative estimate of drug-likeness (QED) is 0.705. The molecule has 0 saturated carbocycles. The van der Waals surface area contributed by atoms with Gasteiger partial charge in [0.2, 0.25) is 15.9 Å². The topological polar surface area (TPSA) is 66.9 Å². The van der Waals surface area contributed by atoms with Gasteiger partial charge in [-0.1, -0.05) is 18.2 Å². The van der Waals surface area contributed by atoms with E-state index in [9.17, 15) is 26.4 Å². The first-order valence-electron chi connectivity index (χ1n) is 9.84. The zero-order valence-corrected chi connectivity index (χ0v) is 17.3. The van der Waals surface area contributed by atoms with Crippen molar-refractivity contribution in [1.82, 2.24) is 4.31 Å². The van der Waals surface area contributed by atoms with Crippen molar-refractivity contribution in [3.8, 4) is 5.75 Å². The fourth-order valence-corrected chi connectivity index (χ4v) is 5.72. The monoisotopic (exact) mass is 454 g/mol. The van der Waals surface area contributed by atoms with Crippen molar-refractivity contribution in [2.24, 2.45) is 5.41 Å². The molecule has 2 fully saturated rings. The molecule has 1 amide bonds. The van der Waals surface area contributed by atoms with Gasteiger partial charge in [-0.15, -0.1) is 13.2 Å². The standard InChI is InChI=1S/C21H21F3N2O4S/c22-21(23,24)30-17-8-6-16(7-9-17)26-15-12-20(19(26)27)10-13-25(14-11-20)31(28,29)18-4-2-1-3-5-18/h1-9H,10-15H2. The van der Waals surface area contributed by atoms with E-state index in [4.69, 9.17) is 0 Å². The summed E-state index contributed by atoms with van der Waals surface area (Å²) in [5.41, 5.74) is -0.153. The van der Waals surface area contributed by atoms with Crippen LogP contribution in [0.1, 0.15) is 19.3 Å². The van der Waals surface area contributed by atoms with Crippen molar-refractivity contribution in [1.29, 1.82) is 0 Å². The molecular formula is C21H21F3N2O4S. The van der Waals surface area contributed by atoms with Crippen molar-refractivity contribution in [2.45, 2.75) is 30.5 Å². The molecule has 0 aromatic heterocycles. The van der Waals surface area contributed by atoms with Gasteiger partial charge in [0.25, 0.3) is 0 Å². The Balaban J connectivity index is 1.44. The average molecular weight is 454 g/mol. The molecule has 1 spiro atoms. The Morgan fingerprint density at radius 2 is 1.45 bits per heavy atom. The maximum absolute atomic E-state index is 13.2. The Morgan fingerprint density at radius 3 is 2.03 bits per heavy atom. The minimum absolute atomic E-state index is 0.117. The van der Waals surface area contributed by atoms with Gasteiger partial charge in [-0.2, -0.15) is 4.31 Å². The third-order valence-corrected chi connectivity index (χ3v) is 7.87. The maximum atomic E-state index is 13.2. The van der Waals surface area contributed by atoms with Crippen LogP contribution in [-0.2, 0) is 14.8 Å². The highest BCUT2D eigenvalue weighted by Gasteiger charge is 2.49. The molecule has 31 heavy (non-hydrogen) atoms. The van der Waals surface area contributed by atoms with Crippen molar-refractivity contribution in [3.63, 3.8) is 0 Å². The van der Waals surface area contributed by atoms with E-state index in [-0.39, 0.29) is 29.6 Å². The van der Waals surface area contributed by atoms with Gasteiger partial charge in [0.1, 0.15) is 5.75 Å². The number of anilines is 1. The van der Waals surface area contributed by atoms with E-state index in [0.29, 0.717) is 31.5 Å². The maximum Gasteiger partial charge on any atom is 0.573 e. The predicted molar refractivity (Wildman–Crippen MR) is 107 cm³/mol. The van der Waals surface area contributed by atoms with Crippen molar-refractivity contribution in [3.05, 3.63) is 54.6 Å².